The van der Waals surface area contributed by atoms with E-state index in [9.17, 15) is 4.79 Å². The third-order valence-corrected chi connectivity index (χ3v) is 3.47. The minimum Gasteiger partial charge on any atom is -0.480 e. The van der Waals surface area contributed by atoms with Crippen LogP contribution in [0.2, 0.25) is 0 Å². The predicted octanol–water partition coefficient (Wildman–Crippen LogP) is 1.43. The number of nitrogens with zero attached hydrogens (tertiary/aromatic N) is 2. The molecule has 0 saturated carbocycles. The van der Waals surface area contributed by atoms with Gasteiger partial charge in [0.2, 0.25) is 0 Å². The lowest BCUT2D eigenvalue weighted by Gasteiger charge is -2.37. The molecule has 0 spiro atoms. The zero-order chi connectivity index (χ0) is 12.7. The first kappa shape index (κ1) is 14.2. The van der Waals surface area contributed by atoms with E-state index in [1.165, 1.54) is 0 Å². The van der Waals surface area contributed by atoms with Crippen LogP contribution in [0.5, 0.6) is 0 Å². The largest absolute Gasteiger partial charge is 0.480 e. The van der Waals surface area contributed by atoms with E-state index >= 15 is 0 Å². The van der Waals surface area contributed by atoms with Crippen molar-refractivity contribution < 1.29 is 9.90 Å². The summed E-state index contributed by atoms with van der Waals surface area (Å²) in [5.41, 5.74) is 0. The molecule has 0 radical (unpaired) electrons. The van der Waals surface area contributed by atoms with Crippen LogP contribution in [-0.4, -0.2) is 59.6 Å². The smallest absolute Gasteiger partial charge is 0.317 e. The Morgan fingerprint density at radius 3 is 2.65 bits per heavy atom. The maximum absolute atomic E-state index is 10.8. The molecule has 0 aliphatic carbocycles. The molecule has 0 aromatic carbocycles. The molecule has 0 unspecified atom stereocenters. The number of carboxylic acids is 1. The second-order valence-corrected chi connectivity index (χ2v) is 4.61. The summed E-state index contributed by atoms with van der Waals surface area (Å²) in [6.45, 7) is 10.0. The maximum Gasteiger partial charge on any atom is 0.317 e. The van der Waals surface area contributed by atoms with Gasteiger partial charge in [-0.2, -0.15) is 0 Å². The summed E-state index contributed by atoms with van der Waals surface area (Å²) in [6.07, 6.45) is 5.16. The molecule has 0 aromatic heterocycles. The summed E-state index contributed by atoms with van der Waals surface area (Å²) in [5, 5.41) is 8.85. The second-order valence-electron chi connectivity index (χ2n) is 4.61. The Labute approximate surface area is 104 Å². The average molecular weight is 240 g/mol. The highest BCUT2D eigenvalue weighted by Crippen LogP contribution is 2.16. The van der Waals surface area contributed by atoms with Crippen LogP contribution < -0.4 is 0 Å². The van der Waals surface area contributed by atoms with Crippen molar-refractivity contribution in [2.24, 2.45) is 0 Å². The summed E-state index contributed by atoms with van der Waals surface area (Å²) in [7, 11) is 0. The SMILES string of the molecule is C=CCCN1CCC(N(CC)CC(=O)O)CC1. The molecular formula is C13H24N2O2. The van der Waals surface area contributed by atoms with Gasteiger partial charge in [-0.25, -0.2) is 0 Å². The number of carbonyl (C=O) groups is 1. The molecule has 17 heavy (non-hydrogen) atoms. The van der Waals surface area contributed by atoms with Gasteiger partial charge in [-0.3, -0.25) is 9.69 Å². The fourth-order valence-electron chi connectivity index (χ4n) is 2.45. The zero-order valence-electron chi connectivity index (χ0n) is 10.8. The maximum atomic E-state index is 10.8. The Hall–Kier alpha value is -0.870. The third-order valence-electron chi connectivity index (χ3n) is 3.47. The van der Waals surface area contributed by atoms with Crippen LogP contribution in [0, 0.1) is 0 Å². The summed E-state index contributed by atoms with van der Waals surface area (Å²) in [4.78, 5) is 15.3. The first-order valence-electron chi connectivity index (χ1n) is 6.46. The van der Waals surface area contributed by atoms with E-state index in [1.54, 1.807) is 0 Å². The van der Waals surface area contributed by atoms with Crippen molar-refractivity contribution in [2.45, 2.75) is 32.2 Å². The molecule has 4 nitrogen and oxygen atoms in total. The molecule has 1 fully saturated rings. The van der Waals surface area contributed by atoms with Crippen LogP contribution >= 0.6 is 0 Å². The van der Waals surface area contributed by atoms with Crippen molar-refractivity contribution in [1.82, 2.24) is 9.80 Å². The molecule has 4 heteroatoms. The Kier molecular flexibility index (Phi) is 6.22. The number of likely N-dealkylation sites (tertiary alicyclic amines) is 1. The van der Waals surface area contributed by atoms with Crippen molar-refractivity contribution in [3.8, 4) is 0 Å². The number of hydrogen-bond donors (Lipinski definition) is 1. The van der Waals surface area contributed by atoms with E-state index in [1.807, 2.05) is 13.0 Å². The predicted molar refractivity (Wildman–Crippen MR) is 69.2 cm³/mol. The highest BCUT2D eigenvalue weighted by molar-refractivity contribution is 5.69. The summed E-state index contributed by atoms with van der Waals surface area (Å²) in [5.74, 6) is -0.721. The van der Waals surface area contributed by atoms with Crippen molar-refractivity contribution in [3.63, 3.8) is 0 Å². The van der Waals surface area contributed by atoms with E-state index in [-0.39, 0.29) is 6.54 Å². The normalized spacial score (nSPS) is 18.5. The van der Waals surface area contributed by atoms with Gasteiger partial charge < -0.3 is 10.0 Å². The number of piperidine rings is 1. The number of rotatable bonds is 7. The molecule has 0 amide bonds. The van der Waals surface area contributed by atoms with Gasteiger partial charge in [0.15, 0.2) is 0 Å². The summed E-state index contributed by atoms with van der Waals surface area (Å²) < 4.78 is 0. The lowest BCUT2D eigenvalue weighted by atomic mass is 10.0. The van der Waals surface area contributed by atoms with Crippen LogP contribution in [0.25, 0.3) is 0 Å². The van der Waals surface area contributed by atoms with Gasteiger partial charge in [-0.05, 0) is 38.9 Å². The fraction of sp³-hybridized carbons (Fsp3) is 0.769. The van der Waals surface area contributed by atoms with Gasteiger partial charge in [0.05, 0.1) is 6.54 Å². The molecule has 0 atom stereocenters. The van der Waals surface area contributed by atoms with Crippen LogP contribution in [-0.2, 0) is 4.79 Å². The summed E-state index contributed by atoms with van der Waals surface area (Å²) >= 11 is 0. The highest BCUT2D eigenvalue weighted by atomic mass is 16.4. The Balaban J connectivity index is 2.33. The second kappa shape index (κ2) is 7.45. The van der Waals surface area contributed by atoms with Gasteiger partial charge in [0.1, 0.15) is 0 Å². The summed E-state index contributed by atoms with van der Waals surface area (Å²) in [6, 6.07) is 0.441. The van der Waals surface area contributed by atoms with Crippen LogP contribution in [0.4, 0.5) is 0 Å². The van der Waals surface area contributed by atoms with Gasteiger partial charge in [-0.1, -0.05) is 13.0 Å². The highest BCUT2D eigenvalue weighted by Gasteiger charge is 2.24. The molecule has 1 N–H and O–H groups in total. The molecule has 1 aliphatic rings. The Bertz CT molecular complexity index is 248. The van der Waals surface area contributed by atoms with Crippen LogP contribution in [0.1, 0.15) is 26.2 Å². The minimum atomic E-state index is -0.721. The van der Waals surface area contributed by atoms with Crippen LogP contribution in [0.15, 0.2) is 12.7 Å². The van der Waals surface area contributed by atoms with Gasteiger partial charge >= 0.3 is 5.97 Å². The van der Waals surface area contributed by atoms with Crippen LogP contribution in [0.3, 0.4) is 0 Å². The minimum absolute atomic E-state index is 0.174. The van der Waals surface area contributed by atoms with Gasteiger partial charge in [-0.15, -0.1) is 6.58 Å². The van der Waals surface area contributed by atoms with Crippen molar-refractivity contribution in [1.29, 1.82) is 0 Å². The first-order chi connectivity index (χ1) is 8.17. The Morgan fingerprint density at radius 1 is 1.53 bits per heavy atom. The van der Waals surface area contributed by atoms with E-state index in [2.05, 4.69) is 16.4 Å². The molecule has 1 aliphatic heterocycles. The fourth-order valence-corrected chi connectivity index (χ4v) is 2.45. The molecular weight excluding hydrogens is 216 g/mol. The van der Waals surface area contributed by atoms with Crippen molar-refractivity contribution in [2.75, 3.05) is 32.7 Å². The topological polar surface area (TPSA) is 43.8 Å². The number of aliphatic carboxylic acids is 1. The molecule has 0 aromatic rings. The third kappa shape index (κ3) is 4.88. The van der Waals surface area contributed by atoms with E-state index in [0.717, 1.165) is 45.4 Å². The molecule has 0 bridgehead atoms. The standard InChI is InChI=1S/C13H24N2O2/c1-3-5-8-14-9-6-12(7-10-14)15(4-2)11-13(16)17/h3,12H,1,4-11H2,2H3,(H,16,17). The van der Waals surface area contributed by atoms with Crippen molar-refractivity contribution in [3.05, 3.63) is 12.7 Å². The zero-order valence-corrected chi connectivity index (χ0v) is 10.8. The van der Waals surface area contributed by atoms with E-state index in [4.69, 9.17) is 5.11 Å². The number of hydrogen-bond acceptors (Lipinski definition) is 3. The van der Waals surface area contributed by atoms with Gasteiger partial charge in [0, 0.05) is 12.6 Å². The molecule has 1 heterocycles. The molecule has 98 valence electrons. The lowest BCUT2D eigenvalue weighted by Crippen LogP contribution is -2.46. The Morgan fingerprint density at radius 2 is 2.18 bits per heavy atom. The average Bonchev–Trinajstić information content (AvgIpc) is 2.34. The van der Waals surface area contributed by atoms with E-state index in [0.29, 0.717) is 6.04 Å². The number of carboxylic acid groups (broad SMARTS) is 1. The molecule has 1 saturated heterocycles. The van der Waals surface area contributed by atoms with Crippen molar-refractivity contribution >= 4 is 5.97 Å². The molecule has 1 rings (SSSR count). The first-order valence-corrected chi connectivity index (χ1v) is 6.46. The quantitative estimate of drug-likeness (QED) is 0.684. The monoisotopic (exact) mass is 240 g/mol. The lowest BCUT2D eigenvalue weighted by molar-refractivity contribution is -0.139. The van der Waals surface area contributed by atoms with E-state index < -0.39 is 5.97 Å². The number of likely N-dealkylation sites (N-methyl/N-ethyl adjacent to an activating group) is 1. The van der Waals surface area contributed by atoms with Gasteiger partial charge in [0.25, 0.3) is 0 Å².